The largest absolute Gasteiger partial charge is 0.348 e. The first-order chi connectivity index (χ1) is 13.7. The quantitative estimate of drug-likeness (QED) is 0.639. The van der Waals surface area contributed by atoms with Gasteiger partial charge in [-0.25, -0.2) is 13.1 Å². The zero-order valence-corrected chi connectivity index (χ0v) is 17.7. The Kier molecular flexibility index (Phi) is 5.99. The fraction of sp³-hybridized carbons (Fsp3) is 0.350. The third-order valence-electron chi connectivity index (χ3n) is 4.68. The summed E-state index contributed by atoms with van der Waals surface area (Å²) in [6.07, 6.45) is 0. The summed E-state index contributed by atoms with van der Waals surface area (Å²) in [4.78, 5) is 12.4. The van der Waals surface area contributed by atoms with E-state index in [-0.39, 0.29) is 29.4 Å². The molecule has 0 saturated carbocycles. The Hall–Kier alpha value is -2.78. The van der Waals surface area contributed by atoms with Gasteiger partial charge in [0, 0.05) is 13.1 Å². The molecule has 0 bridgehead atoms. The fourth-order valence-electron chi connectivity index (χ4n) is 3.04. The van der Waals surface area contributed by atoms with E-state index in [1.165, 1.54) is 19.2 Å². The lowest BCUT2D eigenvalue weighted by Gasteiger charge is -2.19. The summed E-state index contributed by atoms with van der Waals surface area (Å²) < 4.78 is 28.6. The molecule has 0 aliphatic heterocycles. The molecular weight excluding hydrogens is 390 g/mol. The van der Waals surface area contributed by atoms with Crippen molar-refractivity contribution in [1.29, 1.82) is 0 Å². The minimum Gasteiger partial charge on any atom is -0.348 e. The van der Waals surface area contributed by atoms with Gasteiger partial charge in [0.05, 0.1) is 23.0 Å². The molecule has 0 fully saturated rings. The van der Waals surface area contributed by atoms with Crippen molar-refractivity contribution in [2.24, 2.45) is 0 Å². The van der Waals surface area contributed by atoms with E-state index in [1.54, 1.807) is 10.7 Å². The molecule has 0 unspecified atom stereocenters. The van der Waals surface area contributed by atoms with Crippen LogP contribution in [-0.4, -0.2) is 47.2 Å². The van der Waals surface area contributed by atoms with Gasteiger partial charge in [0.2, 0.25) is 15.9 Å². The van der Waals surface area contributed by atoms with Crippen LogP contribution in [0.3, 0.4) is 0 Å². The highest BCUT2D eigenvalue weighted by atomic mass is 32.2. The third kappa shape index (κ3) is 4.46. The first-order valence-corrected chi connectivity index (χ1v) is 10.8. The maximum atomic E-state index is 12.9. The van der Waals surface area contributed by atoms with E-state index in [4.69, 9.17) is 0 Å². The highest BCUT2D eigenvalue weighted by molar-refractivity contribution is 7.89. The van der Waals surface area contributed by atoms with E-state index in [0.717, 1.165) is 15.4 Å². The van der Waals surface area contributed by atoms with Crippen molar-refractivity contribution in [3.05, 3.63) is 54.1 Å². The van der Waals surface area contributed by atoms with E-state index in [1.807, 2.05) is 51.1 Å². The molecule has 9 heteroatoms. The Labute approximate surface area is 170 Å². The van der Waals surface area contributed by atoms with Crippen molar-refractivity contribution >= 4 is 27.0 Å². The van der Waals surface area contributed by atoms with Crippen LogP contribution < -0.4 is 5.32 Å². The SMILES string of the molecule is CC(C)n1nnc2cc(S(=O)(=O)N(C)CC(=O)N[C@@H](C)c3ccccc3)ccc21. The lowest BCUT2D eigenvalue weighted by atomic mass is 10.1. The van der Waals surface area contributed by atoms with Crippen LogP contribution in [-0.2, 0) is 14.8 Å². The molecule has 1 amide bonds. The number of sulfonamides is 1. The zero-order chi connectivity index (χ0) is 21.2. The number of carbonyl (C=O) groups excluding carboxylic acids is 1. The molecule has 1 heterocycles. The first-order valence-electron chi connectivity index (χ1n) is 9.35. The normalized spacial score (nSPS) is 13.2. The lowest BCUT2D eigenvalue weighted by Crippen LogP contribution is -2.39. The zero-order valence-electron chi connectivity index (χ0n) is 16.9. The summed E-state index contributed by atoms with van der Waals surface area (Å²) >= 11 is 0. The number of benzene rings is 2. The van der Waals surface area contributed by atoms with Crippen LogP contribution in [0.15, 0.2) is 53.4 Å². The van der Waals surface area contributed by atoms with Crippen molar-refractivity contribution in [1.82, 2.24) is 24.6 Å². The number of rotatable bonds is 7. The van der Waals surface area contributed by atoms with Crippen LogP contribution in [0.5, 0.6) is 0 Å². The smallest absolute Gasteiger partial charge is 0.243 e. The Morgan fingerprint density at radius 2 is 1.83 bits per heavy atom. The highest BCUT2D eigenvalue weighted by Gasteiger charge is 2.24. The summed E-state index contributed by atoms with van der Waals surface area (Å²) in [5.41, 5.74) is 2.21. The van der Waals surface area contributed by atoms with Crippen molar-refractivity contribution in [3.63, 3.8) is 0 Å². The second-order valence-electron chi connectivity index (χ2n) is 7.24. The maximum absolute atomic E-state index is 12.9. The van der Waals surface area contributed by atoms with Crippen molar-refractivity contribution in [2.45, 2.75) is 37.8 Å². The number of nitrogens with one attached hydrogen (secondary N) is 1. The summed E-state index contributed by atoms with van der Waals surface area (Å²) in [6, 6.07) is 14.1. The predicted octanol–water partition coefficient (Wildman–Crippen LogP) is 2.51. The highest BCUT2D eigenvalue weighted by Crippen LogP contribution is 2.21. The Morgan fingerprint density at radius 3 is 2.48 bits per heavy atom. The van der Waals surface area contributed by atoms with E-state index < -0.39 is 10.0 Å². The summed E-state index contributed by atoms with van der Waals surface area (Å²) in [7, 11) is -2.46. The van der Waals surface area contributed by atoms with Crippen LogP contribution in [0.4, 0.5) is 0 Å². The molecule has 1 atom stereocenters. The standard InChI is InChI=1S/C20H25N5O3S/c1-14(2)25-19-11-10-17(12-18(19)22-23-25)29(27,28)24(4)13-20(26)21-15(3)16-8-6-5-7-9-16/h5-12,14-15H,13H2,1-4H3,(H,21,26)/t15-/m0/s1. The minimum absolute atomic E-state index is 0.0761. The molecule has 29 heavy (non-hydrogen) atoms. The van der Waals surface area contributed by atoms with Crippen LogP contribution in [0.25, 0.3) is 11.0 Å². The van der Waals surface area contributed by atoms with E-state index in [2.05, 4.69) is 15.6 Å². The molecule has 8 nitrogen and oxygen atoms in total. The number of nitrogens with zero attached hydrogens (tertiary/aromatic N) is 4. The van der Waals surface area contributed by atoms with Crippen LogP contribution >= 0.6 is 0 Å². The van der Waals surface area contributed by atoms with E-state index in [0.29, 0.717) is 5.52 Å². The summed E-state index contributed by atoms with van der Waals surface area (Å²) in [5, 5.41) is 11.0. The minimum atomic E-state index is -3.84. The van der Waals surface area contributed by atoms with Crippen LogP contribution in [0.2, 0.25) is 0 Å². The monoisotopic (exact) mass is 415 g/mol. The molecule has 0 spiro atoms. The van der Waals surface area contributed by atoms with Gasteiger partial charge in [-0.05, 0) is 44.5 Å². The molecule has 1 aromatic heterocycles. The number of hydrogen-bond donors (Lipinski definition) is 1. The number of carbonyl (C=O) groups is 1. The average Bonchev–Trinajstić information content (AvgIpc) is 3.12. The molecule has 0 radical (unpaired) electrons. The van der Waals surface area contributed by atoms with Gasteiger partial charge in [-0.2, -0.15) is 4.31 Å². The van der Waals surface area contributed by atoms with Crippen LogP contribution in [0, 0.1) is 0 Å². The van der Waals surface area contributed by atoms with Gasteiger partial charge in [0.25, 0.3) is 0 Å². The number of fused-ring (bicyclic) bond motifs is 1. The lowest BCUT2D eigenvalue weighted by molar-refractivity contribution is -0.121. The van der Waals surface area contributed by atoms with E-state index in [9.17, 15) is 13.2 Å². The van der Waals surface area contributed by atoms with Gasteiger partial charge in [-0.15, -0.1) is 5.10 Å². The molecule has 154 valence electrons. The van der Waals surface area contributed by atoms with Gasteiger partial charge < -0.3 is 5.32 Å². The van der Waals surface area contributed by atoms with Gasteiger partial charge in [-0.1, -0.05) is 35.5 Å². The number of likely N-dealkylation sites (N-methyl/N-ethyl adjacent to an activating group) is 1. The predicted molar refractivity (Wildman–Crippen MR) is 111 cm³/mol. The topological polar surface area (TPSA) is 97.2 Å². The van der Waals surface area contributed by atoms with Gasteiger partial charge in [0.15, 0.2) is 0 Å². The molecular formula is C20H25N5O3S. The van der Waals surface area contributed by atoms with Crippen molar-refractivity contribution in [3.8, 4) is 0 Å². The Morgan fingerprint density at radius 1 is 1.14 bits per heavy atom. The Bertz CT molecular complexity index is 1110. The molecule has 0 aliphatic carbocycles. The van der Waals surface area contributed by atoms with Gasteiger partial charge >= 0.3 is 0 Å². The van der Waals surface area contributed by atoms with Gasteiger partial charge in [0.1, 0.15) is 5.52 Å². The van der Waals surface area contributed by atoms with Gasteiger partial charge in [-0.3, -0.25) is 4.79 Å². The summed E-state index contributed by atoms with van der Waals surface area (Å²) in [6.45, 7) is 5.52. The molecule has 0 aliphatic rings. The molecule has 0 saturated heterocycles. The van der Waals surface area contributed by atoms with Crippen molar-refractivity contribution < 1.29 is 13.2 Å². The molecule has 2 aromatic carbocycles. The van der Waals surface area contributed by atoms with E-state index >= 15 is 0 Å². The van der Waals surface area contributed by atoms with Crippen LogP contribution in [0.1, 0.15) is 38.4 Å². The number of amides is 1. The van der Waals surface area contributed by atoms with Crippen molar-refractivity contribution in [2.75, 3.05) is 13.6 Å². The molecule has 3 rings (SSSR count). The molecule has 1 N–H and O–H groups in total. The summed E-state index contributed by atoms with van der Waals surface area (Å²) in [5.74, 6) is -0.376. The Balaban J connectivity index is 1.73. The second-order valence-corrected chi connectivity index (χ2v) is 9.28. The second kappa shape index (κ2) is 8.30. The number of hydrogen-bond acceptors (Lipinski definition) is 5. The third-order valence-corrected chi connectivity index (χ3v) is 6.48. The fourth-order valence-corrected chi connectivity index (χ4v) is 4.19. The maximum Gasteiger partial charge on any atom is 0.243 e. The first kappa shape index (κ1) is 20.9. The number of aromatic nitrogens is 3. The average molecular weight is 416 g/mol. The molecule has 3 aromatic rings.